The molecule has 70 valence electrons. The monoisotopic (exact) mass is 193 g/mol. The van der Waals surface area contributed by atoms with Crippen LogP contribution in [0.15, 0.2) is 29.2 Å². The Morgan fingerprint density at radius 3 is 2.85 bits per heavy atom. The van der Waals surface area contributed by atoms with Crippen LogP contribution in [0.25, 0.3) is 0 Å². The van der Waals surface area contributed by atoms with Crippen molar-refractivity contribution in [3.8, 4) is 0 Å². The second-order valence-corrected chi connectivity index (χ2v) is 4.77. The zero-order chi connectivity index (χ0) is 9.31. The molecule has 0 heterocycles. The number of thioether (sulfide) groups is 1. The lowest BCUT2D eigenvalue weighted by molar-refractivity contribution is 0.671. The van der Waals surface area contributed by atoms with Gasteiger partial charge in [0.2, 0.25) is 0 Å². The molecule has 1 fully saturated rings. The highest BCUT2D eigenvalue weighted by Gasteiger charge is 2.37. The molecule has 13 heavy (non-hydrogen) atoms. The zero-order valence-electron chi connectivity index (χ0n) is 7.92. The van der Waals surface area contributed by atoms with Gasteiger partial charge < -0.3 is 5.73 Å². The van der Waals surface area contributed by atoms with Gasteiger partial charge in [0.15, 0.2) is 0 Å². The first-order chi connectivity index (χ1) is 6.22. The molecule has 0 aliphatic heterocycles. The van der Waals surface area contributed by atoms with Crippen molar-refractivity contribution < 1.29 is 0 Å². The molecule has 0 spiro atoms. The maximum absolute atomic E-state index is 6.06. The van der Waals surface area contributed by atoms with Gasteiger partial charge in [-0.3, -0.25) is 0 Å². The van der Waals surface area contributed by atoms with Gasteiger partial charge in [-0.05, 0) is 43.2 Å². The second-order valence-electron chi connectivity index (χ2n) is 3.89. The molecule has 0 saturated heterocycles. The van der Waals surface area contributed by atoms with Gasteiger partial charge >= 0.3 is 0 Å². The molecule has 1 aliphatic carbocycles. The molecule has 2 heteroatoms. The summed E-state index contributed by atoms with van der Waals surface area (Å²) in [4.78, 5) is 1.33. The largest absolute Gasteiger partial charge is 0.325 e. The Morgan fingerprint density at radius 2 is 2.23 bits per heavy atom. The summed E-state index contributed by atoms with van der Waals surface area (Å²) in [5.41, 5.74) is 7.58. The van der Waals surface area contributed by atoms with E-state index in [-0.39, 0.29) is 5.54 Å². The van der Waals surface area contributed by atoms with Crippen LogP contribution in [0, 0.1) is 0 Å². The standard InChI is InChI=1S/C11H15NS/c1-13-10-4-2-3-9(7-10)8-11(12)5-6-11/h2-4,7H,5-6,8,12H2,1H3. The van der Waals surface area contributed by atoms with Crippen molar-refractivity contribution in [3.63, 3.8) is 0 Å². The summed E-state index contributed by atoms with van der Waals surface area (Å²) in [6.45, 7) is 0. The fourth-order valence-corrected chi connectivity index (χ4v) is 2.01. The summed E-state index contributed by atoms with van der Waals surface area (Å²) < 4.78 is 0. The molecule has 0 radical (unpaired) electrons. The molecule has 1 aromatic rings. The van der Waals surface area contributed by atoms with Crippen molar-refractivity contribution in [1.82, 2.24) is 0 Å². The van der Waals surface area contributed by atoms with Gasteiger partial charge in [0, 0.05) is 10.4 Å². The first kappa shape index (κ1) is 9.10. The predicted octanol–water partition coefficient (Wildman–Crippen LogP) is 2.44. The van der Waals surface area contributed by atoms with Crippen molar-refractivity contribution in [1.29, 1.82) is 0 Å². The zero-order valence-corrected chi connectivity index (χ0v) is 8.73. The average Bonchev–Trinajstić information content (AvgIpc) is 2.84. The lowest BCUT2D eigenvalue weighted by atomic mass is 10.1. The Labute approximate surface area is 83.7 Å². The molecule has 0 amide bonds. The minimum Gasteiger partial charge on any atom is -0.325 e. The number of nitrogens with two attached hydrogens (primary N) is 1. The van der Waals surface area contributed by atoms with Gasteiger partial charge in [0.1, 0.15) is 0 Å². The van der Waals surface area contributed by atoms with Crippen LogP contribution in [0.1, 0.15) is 18.4 Å². The average molecular weight is 193 g/mol. The Hall–Kier alpha value is -0.470. The van der Waals surface area contributed by atoms with E-state index in [1.54, 1.807) is 11.8 Å². The SMILES string of the molecule is CSc1cccc(CC2(N)CC2)c1. The van der Waals surface area contributed by atoms with Gasteiger partial charge in [-0.25, -0.2) is 0 Å². The molecule has 0 bridgehead atoms. The summed E-state index contributed by atoms with van der Waals surface area (Å²) in [7, 11) is 0. The normalized spacial score (nSPS) is 18.6. The van der Waals surface area contributed by atoms with E-state index in [1.807, 2.05) is 0 Å². The van der Waals surface area contributed by atoms with Gasteiger partial charge in [-0.15, -0.1) is 11.8 Å². The third-order valence-corrected chi connectivity index (χ3v) is 3.31. The van der Waals surface area contributed by atoms with E-state index in [4.69, 9.17) is 5.73 Å². The number of benzene rings is 1. The quantitative estimate of drug-likeness (QED) is 0.746. The van der Waals surface area contributed by atoms with E-state index >= 15 is 0 Å². The Morgan fingerprint density at radius 1 is 1.46 bits per heavy atom. The highest BCUT2D eigenvalue weighted by Crippen LogP contribution is 2.35. The van der Waals surface area contributed by atoms with Crippen LogP contribution in [0.5, 0.6) is 0 Å². The van der Waals surface area contributed by atoms with Gasteiger partial charge in [-0.1, -0.05) is 12.1 Å². The molecule has 1 nitrogen and oxygen atoms in total. The molecular formula is C11H15NS. The van der Waals surface area contributed by atoms with Crippen LogP contribution in [-0.2, 0) is 6.42 Å². The molecular weight excluding hydrogens is 178 g/mol. The topological polar surface area (TPSA) is 26.0 Å². The third kappa shape index (κ3) is 2.26. The fourth-order valence-electron chi connectivity index (χ4n) is 1.53. The molecule has 1 aliphatic rings. The molecule has 1 aromatic carbocycles. The number of rotatable bonds is 3. The molecule has 2 N–H and O–H groups in total. The second kappa shape index (κ2) is 3.35. The molecule has 0 aromatic heterocycles. The van der Waals surface area contributed by atoms with Crippen LogP contribution < -0.4 is 5.73 Å². The Bertz CT molecular complexity index is 305. The summed E-state index contributed by atoms with van der Waals surface area (Å²) in [5.74, 6) is 0. The van der Waals surface area contributed by atoms with Crippen LogP contribution in [0.2, 0.25) is 0 Å². The third-order valence-electron chi connectivity index (χ3n) is 2.58. The first-order valence-corrected chi connectivity index (χ1v) is 5.86. The van der Waals surface area contributed by atoms with Crippen LogP contribution in [0.3, 0.4) is 0 Å². The maximum Gasteiger partial charge on any atom is 0.0196 e. The van der Waals surface area contributed by atoms with Crippen molar-refractivity contribution in [2.75, 3.05) is 6.26 Å². The van der Waals surface area contributed by atoms with Gasteiger partial charge in [-0.2, -0.15) is 0 Å². The number of hydrogen-bond acceptors (Lipinski definition) is 2. The molecule has 2 rings (SSSR count). The summed E-state index contributed by atoms with van der Waals surface area (Å²) in [5, 5.41) is 0. The first-order valence-electron chi connectivity index (χ1n) is 4.64. The fraction of sp³-hybridized carbons (Fsp3) is 0.455. The lowest BCUT2D eigenvalue weighted by Gasteiger charge is -2.08. The van der Waals surface area contributed by atoms with Crippen LogP contribution in [0.4, 0.5) is 0 Å². The van der Waals surface area contributed by atoms with Gasteiger partial charge in [0.05, 0.1) is 0 Å². The smallest absolute Gasteiger partial charge is 0.0196 e. The van der Waals surface area contributed by atoms with E-state index in [9.17, 15) is 0 Å². The van der Waals surface area contributed by atoms with Crippen LogP contribution in [-0.4, -0.2) is 11.8 Å². The number of hydrogen-bond donors (Lipinski definition) is 1. The maximum atomic E-state index is 6.06. The summed E-state index contributed by atoms with van der Waals surface area (Å²) >= 11 is 1.79. The minimum atomic E-state index is 0.136. The highest BCUT2D eigenvalue weighted by molar-refractivity contribution is 7.98. The molecule has 1 saturated carbocycles. The summed E-state index contributed by atoms with van der Waals surface area (Å²) in [6, 6.07) is 8.68. The lowest BCUT2D eigenvalue weighted by Crippen LogP contribution is -2.24. The van der Waals surface area contributed by atoms with E-state index in [0.29, 0.717) is 0 Å². The molecule has 0 unspecified atom stereocenters. The molecule has 0 atom stereocenters. The van der Waals surface area contributed by atoms with E-state index in [0.717, 1.165) is 6.42 Å². The van der Waals surface area contributed by atoms with Crippen molar-refractivity contribution in [2.45, 2.75) is 29.7 Å². The van der Waals surface area contributed by atoms with Gasteiger partial charge in [0.25, 0.3) is 0 Å². The van der Waals surface area contributed by atoms with Crippen molar-refractivity contribution >= 4 is 11.8 Å². The summed E-state index contributed by atoms with van der Waals surface area (Å²) in [6.07, 6.45) is 5.53. The Balaban J connectivity index is 2.11. The van der Waals surface area contributed by atoms with E-state index in [2.05, 4.69) is 30.5 Å². The van der Waals surface area contributed by atoms with E-state index in [1.165, 1.54) is 23.3 Å². The van der Waals surface area contributed by atoms with Crippen molar-refractivity contribution in [2.24, 2.45) is 5.73 Å². The Kier molecular flexibility index (Phi) is 2.35. The van der Waals surface area contributed by atoms with Crippen LogP contribution >= 0.6 is 11.8 Å². The van der Waals surface area contributed by atoms with E-state index < -0.39 is 0 Å². The highest BCUT2D eigenvalue weighted by atomic mass is 32.2. The predicted molar refractivity (Wildman–Crippen MR) is 58.1 cm³/mol. The minimum absolute atomic E-state index is 0.136. The van der Waals surface area contributed by atoms with Crippen molar-refractivity contribution in [3.05, 3.63) is 29.8 Å².